The second kappa shape index (κ2) is 3.97. The Morgan fingerprint density at radius 2 is 2.31 bits per heavy atom. The van der Waals surface area contributed by atoms with Gasteiger partial charge in [-0.1, -0.05) is 13.8 Å². The third kappa shape index (κ3) is 2.06. The topological polar surface area (TPSA) is 78.9 Å². The molecule has 0 bridgehead atoms. The molecule has 0 unspecified atom stereocenters. The average molecular weight is 219 g/mol. The number of nitrogens with one attached hydrogen (secondary N) is 1. The first-order valence-electron chi connectivity index (χ1n) is 5.33. The standard InChI is InChI=1S/C11H13N3O2/c1-6(2)9(15)14-11-8(5-12)13-10(16-11)7-3-4-7/h6-7H,3-4H2,1-2H3,(H,14,15). The van der Waals surface area contributed by atoms with Gasteiger partial charge in [-0.3, -0.25) is 10.1 Å². The molecule has 2 rings (SSSR count). The van der Waals surface area contributed by atoms with Crippen LogP contribution in [-0.2, 0) is 4.79 Å². The van der Waals surface area contributed by atoms with E-state index in [-0.39, 0.29) is 23.4 Å². The molecule has 1 amide bonds. The molecule has 0 saturated heterocycles. The summed E-state index contributed by atoms with van der Waals surface area (Å²) in [7, 11) is 0. The van der Waals surface area contributed by atoms with Gasteiger partial charge < -0.3 is 4.42 Å². The minimum absolute atomic E-state index is 0.152. The highest BCUT2D eigenvalue weighted by atomic mass is 16.4. The van der Waals surface area contributed by atoms with Gasteiger partial charge in [0.25, 0.3) is 0 Å². The Bertz CT molecular complexity index is 452. The molecule has 84 valence electrons. The Morgan fingerprint density at radius 1 is 1.62 bits per heavy atom. The van der Waals surface area contributed by atoms with Crippen LogP contribution in [0.4, 0.5) is 5.88 Å². The summed E-state index contributed by atoms with van der Waals surface area (Å²) in [5.74, 6) is 0.756. The lowest BCUT2D eigenvalue weighted by Crippen LogP contribution is -2.17. The Hall–Kier alpha value is -1.83. The molecule has 1 aliphatic rings. The number of hydrogen-bond donors (Lipinski definition) is 1. The summed E-state index contributed by atoms with van der Waals surface area (Å²) in [5.41, 5.74) is 0.163. The van der Waals surface area contributed by atoms with Crippen molar-refractivity contribution < 1.29 is 9.21 Å². The first-order chi connectivity index (χ1) is 7.61. The van der Waals surface area contributed by atoms with Gasteiger partial charge in [-0.05, 0) is 12.8 Å². The molecule has 1 aromatic heterocycles. The predicted molar refractivity (Wildman–Crippen MR) is 56.7 cm³/mol. The van der Waals surface area contributed by atoms with Crippen LogP contribution in [0.3, 0.4) is 0 Å². The molecule has 1 heterocycles. The highest BCUT2D eigenvalue weighted by Crippen LogP contribution is 2.40. The van der Waals surface area contributed by atoms with Crippen LogP contribution < -0.4 is 5.32 Å². The highest BCUT2D eigenvalue weighted by Gasteiger charge is 2.30. The first kappa shape index (κ1) is 10.7. The summed E-state index contributed by atoms with van der Waals surface area (Å²) in [6.45, 7) is 3.55. The summed E-state index contributed by atoms with van der Waals surface area (Å²) in [6, 6.07) is 1.92. The van der Waals surface area contributed by atoms with E-state index in [9.17, 15) is 4.79 Å². The van der Waals surface area contributed by atoms with Crippen LogP contribution in [0.1, 0.15) is 44.2 Å². The van der Waals surface area contributed by atoms with E-state index < -0.39 is 0 Å². The number of carbonyl (C=O) groups is 1. The van der Waals surface area contributed by atoms with Crippen LogP contribution in [0.15, 0.2) is 4.42 Å². The normalized spacial score (nSPS) is 14.9. The smallest absolute Gasteiger partial charge is 0.238 e. The van der Waals surface area contributed by atoms with E-state index in [2.05, 4.69) is 10.3 Å². The maximum Gasteiger partial charge on any atom is 0.238 e. The minimum Gasteiger partial charge on any atom is -0.423 e. The van der Waals surface area contributed by atoms with E-state index in [4.69, 9.17) is 9.68 Å². The maximum atomic E-state index is 11.5. The van der Waals surface area contributed by atoms with E-state index in [1.54, 1.807) is 13.8 Å². The van der Waals surface area contributed by atoms with Gasteiger partial charge in [-0.15, -0.1) is 0 Å². The zero-order valence-corrected chi connectivity index (χ0v) is 9.28. The van der Waals surface area contributed by atoms with E-state index >= 15 is 0 Å². The maximum absolute atomic E-state index is 11.5. The van der Waals surface area contributed by atoms with E-state index in [0.717, 1.165) is 12.8 Å². The van der Waals surface area contributed by atoms with Gasteiger partial charge in [0.1, 0.15) is 6.07 Å². The molecule has 0 spiro atoms. The van der Waals surface area contributed by atoms with Crippen LogP contribution in [0, 0.1) is 17.2 Å². The number of nitriles is 1. The number of aromatic nitrogens is 1. The highest BCUT2D eigenvalue weighted by molar-refractivity contribution is 5.91. The van der Waals surface area contributed by atoms with Crippen molar-refractivity contribution in [1.82, 2.24) is 4.98 Å². The molecule has 0 aliphatic heterocycles. The van der Waals surface area contributed by atoms with Gasteiger partial charge in [0.15, 0.2) is 0 Å². The summed E-state index contributed by atoms with van der Waals surface area (Å²) in [4.78, 5) is 15.5. The fourth-order valence-electron chi connectivity index (χ4n) is 1.26. The van der Waals surface area contributed by atoms with E-state index in [1.165, 1.54) is 0 Å². The molecule has 0 aromatic carbocycles. The molecule has 1 fully saturated rings. The number of rotatable bonds is 3. The Labute approximate surface area is 93.5 Å². The molecule has 0 atom stereocenters. The monoisotopic (exact) mass is 219 g/mol. The third-order valence-electron chi connectivity index (χ3n) is 2.44. The molecule has 5 nitrogen and oxygen atoms in total. The average Bonchev–Trinajstić information content (AvgIpc) is 3.01. The molecular weight excluding hydrogens is 206 g/mol. The van der Waals surface area contributed by atoms with Gasteiger partial charge in [0, 0.05) is 11.8 Å². The van der Waals surface area contributed by atoms with Gasteiger partial charge in [-0.25, -0.2) is 4.98 Å². The third-order valence-corrected chi connectivity index (χ3v) is 2.44. The van der Waals surface area contributed by atoms with Crippen molar-refractivity contribution in [2.24, 2.45) is 5.92 Å². The van der Waals surface area contributed by atoms with E-state index in [0.29, 0.717) is 11.8 Å². The summed E-state index contributed by atoms with van der Waals surface area (Å²) in [6.07, 6.45) is 2.09. The van der Waals surface area contributed by atoms with Crippen molar-refractivity contribution in [2.45, 2.75) is 32.6 Å². The minimum atomic E-state index is -0.171. The lowest BCUT2D eigenvalue weighted by molar-refractivity contribution is -0.119. The van der Waals surface area contributed by atoms with Crippen molar-refractivity contribution in [3.8, 4) is 6.07 Å². The van der Waals surface area contributed by atoms with Crippen molar-refractivity contribution in [3.05, 3.63) is 11.6 Å². The number of anilines is 1. The van der Waals surface area contributed by atoms with E-state index in [1.807, 2.05) is 6.07 Å². The second-order valence-corrected chi connectivity index (χ2v) is 4.26. The number of oxazole rings is 1. The SMILES string of the molecule is CC(C)C(=O)Nc1oc(C2CC2)nc1C#N. The predicted octanol–water partition coefficient (Wildman–Crippen LogP) is 2.02. The summed E-state index contributed by atoms with van der Waals surface area (Å²) in [5, 5.41) is 11.4. The van der Waals surface area contributed by atoms with Crippen LogP contribution in [0.25, 0.3) is 0 Å². The Morgan fingerprint density at radius 3 is 2.81 bits per heavy atom. The number of carbonyl (C=O) groups excluding carboxylic acids is 1. The zero-order chi connectivity index (χ0) is 11.7. The number of nitrogens with zero attached hydrogens (tertiary/aromatic N) is 2. The molecule has 5 heteroatoms. The summed E-state index contributed by atoms with van der Waals surface area (Å²) < 4.78 is 5.38. The van der Waals surface area contributed by atoms with Crippen LogP contribution >= 0.6 is 0 Å². The van der Waals surface area contributed by atoms with Gasteiger partial charge in [0.05, 0.1) is 0 Å². The summed E-state index contributed by atoms with van der Waals surface area (Å²) >= 11 is 0. The van der Waals surface area contributed by atoms with Gasteiger partial charge >= 0.3 is 0 Å². The fraction of sp³-hybridized carbons (Fsp3) is 0.545. The zero-order valence-electron chi connectivity index (χ0n) is 9.28. The Kier molecular flexibility index (Phi) is 2.65. The van der Waals surface area contributed by atoms with Crippen molar-refractivity contribution in [2.75, 3.05) is 5.32 Å². The Balaban J connectivity index is 2.19. The molecule has 1 saturated carbocycles. The number of amides is 1. The van der Waals surface area contributed by atoms with Crippen LogP contribution in [-0.4, -0.2) is 10.9 Å². The molecular formula is C11H13N3O2. The fourth-order valence-corrected chi connectivity index (χ4v) is 1.26. The number of hydrogen-bond acceptors (Lipinski definition) is 4. The van der Waals surface area contributed by atoms with Crippen molar-refractivity contribution in [1.29, 1.82) is 5.26 Å². The van der Waals surface area contributed by atoms with Crippen molar-refractivity contribution in [3.63, 3.8) is 0 Å². The first-order valence-corrected chi connectivity index (χ1v) is 5.33. The lowest BCUT2D eigenvalue weighted by atomic mass is 10.2. The largest absolute Gasteiger partial charge is 0.423 e. The van der Waals surface area contributed by atoms with Gasteiger partial charge in [0.2, 0.25) is 23.4 Å². The molecule has 0 radical (unpaired) electrons. The molecule has 1 aromatic rings. The van der Waals surface area contributed by atoms with Crippen LogP contribution in [0.2, 0.25) is 0 Å². The van der Waals surface area contributed by atoms with Crippen LogP contribution in [0.5, 0.6) is 0 Å². The second-order valence-electron chi connectivity index (χ2n) is 4.26. The molecule has 1 N–H and O–H groups in total. The molecule has 1 aliphatic carbocycles. The van der Waals surface area contributed by atoms with Gasteiger partial charge in [-0.2, -0.15) is 5.26 Å². The molecule has 16 heavy (non-hydrogen) atoms. The quantitative estimate of drug-likeness (QED) is 0.843. The van der Waals surface area contributed by atoms with Crippen molar-refractivity contribution >= 4 is 11.8 Å². The lowest BCUT2D eigenvalue weighted by Gasteiger charge is -2.03.